The topological polar surface area (TPSA) is 19.4 Å². The zero-order chi connectivity index (χ0) is 15.3. The van der Waals surface area contributed by atoms with Gasteiger partial charge in [0.15, 0.2) is 0 Å². The molecule has 0 aliphatic heterocycles. The monoisotopic (exact) mass is 277 g/mol. The zero-order valence-corrected chi connectivity index (χ0v) is 14.2. The lowest BCUT2D eigenvalue weighted by Gasteiger charge is -2.44. The first kappa shape index (κ1) is 17.0. The Bertz CT molecular complexity index is 379. The molecule has 3 heteroatoms. The zero-order valence-electron chi connectivity index (χ0n) is 14.2. The van der Waals surface area contributed by atoms with Crippen molar-refractivity contribution in [3.05, 3.63) is 24.4 Å². The first-order valence-corrected chi connectivity index (χ1v) is 7.56. The van der Waals surface area contributed by atoms with Crippen molar-refractivity contribution in [1.29, 1.82) is 0 Å². The summed E-state index contributed by atoms with van der Waals surface area (Å²) in [6.07, 6.45) is 1.89. The lowest BCUT2D eigenvalue weighted by Crippen LogP contribution is -2.50. The van der Waals surface area contributed by atoms with E-state index in [0.717, 1.165) is 18.9 Å². The molecule has 1 heterocycles. The first-order chi connectivity index (χ1) is 9.23. The summed E-state index contributed by atoms with van der Waals surface area (Å²) in [6, 6.07) is 6.65. The van der Waals surface area contributed by atoms with Crippen LogP contribution in [0.4, 0.5) is 5.82 Å². The first-order valence-electron chi connectivity index (χ1n) is 7.56. The Balaban J connectivity index is 3.08. The van der Waals surface area contributed by atoms with E-state index in [2.05, 4.69) is 75.6 Å². The third-order valence-electron chi connectivity index (χ3n) is 3.59. The van der Waals surface area contributed by atoms with Crippen molar-refractivity contribution in [2.45, 2.75) is 40.7 Å². The largest absolute Gasteiger partial charge is 0.352 e. The molecule has 1 rings (SSSR count). The van der Waals surface area contributed by atoms with Crippen LogP contribution in [0.15, 0.2) is 24.4 Å². The number of pyridine rings is 1. The van der Waals surface area contributed by atoms with Gasteiger partial charge in [-0.3, -0.25) is 0 Å². The number of rotatable bonds is 6. The molecular weight excluding hydrogens is 246 g/mol. The van der Waals surface area contributed by atoms with Crippen LogP contribution in [-0.4, -0.2) is 43.1 Å². The van der Waals surface area contributed by atoms with E-state index in [1.54, 1.807) is 0 Å². The number of hydrogen-bond acceptors (Lipinski definition) is 3. The summed E-state index contributed by atoms with van der Waals surface area (Å²) < 4.78 is 0. The summed E-state index contributed by atoms with van der Waals surface area (Å²) in [5.41, 5.74) is 0.220. The van der Waals surface area contributed by atoms with E-state index in [9.17, 15) is 0 Å². The van der Waals surface area contributed by atoms with Crippen LogP contribution in [0.2, 0.25) is 0 Å². The Morgan fingerprint density at radius 3 is 2.15 bits per heavy atom. The van der Waals surface area contributed by atoms with Crippen LogP contribution in [0.1, 0.15) is 34.6 Å². The molecule has 0 spiro atoms. The van der Waals surface area contributed by atoms with Crippen molar-refractivity contribution < 1.29 is 0 Å². The highest BCUT2D eigenvalue weighted by molar-refractivity contribution is 5.40. The maximum atomic E-state index is 4.58. The number of likely N-dealkylation sites (N-methyl/N-ethyl adjacent to an activating group) is 1. The highest BCUT2D eigenvalue weighted by Crippen LogP contribution is 2.32. The summed E-state index contributed by atoms with van der Waals surface area (Å²) in [5, 5.41) is 0. The Labute approximate surface area is 125 Å². The molecule has 1 aromatic heterocycles. The molecule has 20 heavy (non-hydrogen) atoms. The van der Waals surface area contributed by atoms with Gasteiger partial charge in [-0.25, -0.2) is 4.98 Å². The van der Waals surface area contributed by atoms with Crippen LogP contribution >= 0.6 is 0 Å². The van der Waals surface area contributed by atoms with E-state index in [4.69, 9.17) is 0 Å². The Morgan fingerprint density at radius 2 is 1.75 bits per heavy atom. The van der Waals surface area contributed by atoms with E-state index in [1.807, 2.05) is 12.3 Å². The van der Waals surface area contributed by atoms with E-state index in [0.29, 0.717) is 12.0 Å². The van der Waals surface area contributed by atoms with Crippen molar-refractivity contribution in [3.8, 4) is 0 Å². The van der Waals surface area contributed by atoms with Gasteiger partial charge in [-0.05, 0) is 37.6 Å². The molecule has 0 saturated heterocycles. The van der Waals surface area contributed by atoms with E-state index in [-0.39, 0.29) is 5.41 Å². The number of anilines is 1. The average molecular weight is 277 g/mol. The fraction of sp³-hybridized carbons (Fsp3) is 0.706. The molecule has 0 aliphatic carbocycles. The Hall–Kier alpha value is -1.09. The second-order valence-corrected chi connectivity index (χ2v) is 7.24. The van der Waals surface area contributed by atoms with Gasteiger partial charge in [0, 0.05) is 25.3 Å². The van der Waals surface area contributed by atoms with Crippen LogP contribution in [0.25, 0.3) is 0 Å². The molecule has 0 bridgehead atoms. The van der Waals surface area contributed by atoms with Crippen molar-refractivity contribution in [2.24, 2.45) is 11.3 Å². The second kappa shape index (κ2) is 7.07. The van der Waals surface area contributed by atoms with Crippen molar-refractivity contribution in [3.63, 3.8) is 0 Å². The van der Waals surface area contributed by atoms with Gasteiger partial charge in [0.2, 0.25) is 0 Å². The maximum Gasteiger partial charge on any atom is 0.128 e. The predicted molar refractivity (Wildman–Crippen MR) is 88.2 cm³/mol. The van der Waals surface area contributed by atoms with Gasteiger partial charge in [-0.1, -0.05) is 40.7 Å². The molecular formula is C17H31N3. The number of nitrogens with zero attached hydrogens (tertiary/aromatic N) is 3. The quantitative estimate of drug-likeness (QED) is 0.793. The molecule has 0 N–H and O–H groups in total. The highest BCUT2D eigenvalue weighted by atomic mass is 15.2. The predicted octanol–water partition coefficient (Wildman–Crippen LogP) is 3.52. The van der Waals surface area contributed by atoms with Gasteiger partial charge < -0.3 is 9.80 Å². The van der Waals surface area contributed by atoms with Gasteiger partial charge in [0.1, 0.15) is 5.82 Å². The summed E-state index contributed by atoms with van der Waals surface area (Å²) in [5.74, 6) is 1.67. The molecule has 1 aromatic rings. The Kier molecular flexibility index (Phi) is 6.00. The molecule has 114 valence electrons. The molecule has 1 atom stereocenters. The van der Waals surface area contributed by atoms with Crippen molar-refractivity contribution in [2.75, 3.05) is 32.1 Å². The third-order valence-corrected chi connectivity index (χ3v) is 3.59. The lowest BCUT2D eigenvalue weighted by molar-refractivity contribution is 0.237. The SMILES string of the molecule is CC(C)C(N(CCN(C)C)c1ccccn1)C(C)(C)C. The van der Waals surface area contributed by atoms with Gasteiger partial charge >= 0.3 is 0 Å². The second-order valence-electron chi connectivity index (χ2n) is 7.24. The molecule has 0 aliphatic rings. The van der Waals surface area contributed by atoms with Gasteiger partial charge in [0.05, 0.1) is 0 Å². The molecule has 0 aromatic carbocycles. The molecule has 0 fully saturated rings. The van der Waals surface area contributed by atoms with Gasteiger partial charge in [-0.2, -0.15) is 0 Å². The fourth-order valence-corrected chi connectivity index (χ4v) is 3.05. The summed E-state index contributed by atoms with van der Waals surface area (Å²) in [6.45, 7) is 13.6. The van der Waals surface area contributed by atoms with Crippen molar-refractivity contribution in [1.82, 2.24) is 9.88 Å². The van der Waals surface area contributed by atoms with Crippen LogP contribution in [0, 0.1) is 11.3 Å². The summed E-state index contributed by atoms with van der Waals surface area (Å²) >= 11 is 0. The maximum absolute atomic E-state index is 4.58. The average Bonchev–Trinajstić information content (AvgIpc) is 2.33. The van der Waals surface area contributed by atoms with Gasteiger partial charge in [-0.15, -0.1) is 0 Å². The minimum absolute atomic E-state index is 0.220. The minimum atomic E-state index is 0.220. The van der Waals surface area contributed by atoms with Crippen molar-refractivity contribution >= 4 is 5.82 Å². The number of hydrogen-bond donors (Lipinski definition) is 0. The standard InChI is InChI=1S/C17H31N3/c1-14(2)16(17(3,4)5)20(13-12-19(6)7)15-10-8-9-11-18-15/h8-11,14,16H,12-13H2,1-7H3. The molecule has 0 saturated carbocycles. The fourth-order valence-electron chi connectivity index (χ4n) is 3.05. The molecule has 0 radical (unpaired) electrons. The van der Waals surface area contributed by atoms with E-state index < -0.39 is 0 Å². The third kappa shape index (κ3) is 4.78. The molecule has 1 unspecified atom stereocenters. The Morgan fingerprint density at radius 1 is 1.10 bits per heavy atom. The lowest BCUT2D eigenvalue weighted by atomic mass is 9.79. The minimum Gasteiger partial charge on any atom is -0.352 e. The number of aromatic nitrogens is 1. The molecule has 3 nitrogen and oxygen atoms in total. The van der Waals surface area contributed by atoms with Crippen LogP contribution in [-0.2, 0) is 0 Å². The highest BCUT2D eigenvalue weighted by Gasteiger charge is 2.33. The summed E-state index contributed by atoms with van der Waals surface area (Å²) in [7, 11) is 4.25. The van der Waals surface area contributed by atoms with Gasteiger partial charge in [0.25, 0.3) is 0 Å². The smallest absolute Gasteiger partial charge is 0.128 e. The van der Waals surface area contributed by atoms with E-state index >= 15 is 0 Å². The van der Waals surface area contributed by atoms with Crippen LogP contribution < -0.4 is 4.90 Å². The molecule has 0 amide bonds. The summed E-state index contributed by atoms with van der Waals surface area (Å²) in [4.78, 5) is 9.29. The van der Waals surface area contributed by atoms with Crippen LogP contribution in [0.3, 0.4) is 0 Å². The van der Waals surface area contributed by atoms with Crippen LogP contribution in [0.5, 0.6) is 0 Å². The normalized spacial score (nSPS) is 13.8. The van der Waals surface area contributed by atoms with E-state index in [1.165, 1.54) is 0 Å².